The first kappa shape index (κ1) is 18.3. The summed E-state index contributed by atoms with van der Waals surface area (Å²) in [6.07, 6.45) is 0.296. The summed E-state index contributed by atoms with van der Waals surface area (Å²) in [7, 11) is 2.83. The van der Waals surface area contributed by atoms with Crippen molar-refractivity contribution in [3.63, 3.8) is 0 Å². The zero-order valence-corrected chi connectivity index (χ0v) is 14.2. The van der Waals surface area contributed by atoms with Gasteiger partial charge < -0.3 is 20.1 Å². The Kier molecular flexibility index (Phi) is 5.94. The number of benzene rings is 2. The Morgan fingerprint density at radius 3 is 2.28 bits per heavy atom. The number of carbonyl (C=O) groups is 2. The Morgan fingerprint density at radius 2 is 1.68 bits per heavy atom. The normalized spacial score (nSPS) is 10.1. The molecule has 0 aliphatic carbocycles. The van der Waals surface area contributed by atoms with E-state index in [4.69, 9.17) is 9.47 Å². The maximum Gasteiger partial charge on any atom is 0.255 e. The van der Waals surface area contributed by atoms with Gasteiger partial charge in [0.1, 0.15) is 5.75 Å². The van der Waals surface area contributed by atoms with Crippen molar-refractivity contribution in [2.45, 2.75) is 13.3 Å². The van der Waals surface area contributed by atoms with E-state index in [9.17, 15) is 14.0 Å². The van der Waals surface area contributed by atoms with Crippen molar-refractivity contribution in [1.29, 1.82) is 0 Å². The zero-order chi connectivity index (χ0) is 18.4. The molecule has 0 aliphatic rings. The molecular weight excluding hydrogens is 327 g/mol. The van der Waals surface area contributed by atoms with Crippen LogP contribution in [-0.2, 0) is 4.79 Å². The Morgan fingerprint density at radius 1 is 1.00 bits per heavy atom. The second kappa shape index (κ2) is 8.14. The van der Waals surface area contributed by atoms with Gasteiger partial charge in [-0.2, -0.15) is 0 Å². The number of anilines is 2. The van der Waals surface area contributed by atoms with Crippen LogP contribution in [0.5, 0.6) is 11.5 Å². The smallest absolute Gasteiger partial charge is 0.255 e. The third-order valence-corrected chi connectivity index (χ3v) is 3.47. The van der Waals surface area contributed by atoms with Crippen molar-refractivity contribution >= 4 is 23.2 Å². The molecule has 0 radical (unpaired) electrons. The average Bonchev–Trinajstić information content (AvgIpc) is 2.61. The van der Waals surface area contributed by atoms with Crippen LogP contribution in [0.2, 0.25) is 0 Å². The van der Waals surface area contributed by atoms with Crippen molar-refractivity contribution in [2.75, 3.05) is 24.9 Å². The molecule has 2 amide bonds. The van der Waals surface area contributed by atoms with Crippen molar-refractivity contribution in [2.24, 2.45) is 0 Å². The molecule has 25 heavy (non-hydrogen) atoms. The molecule has 0 saturated carbocycles. The third-order valence-electron chi connectivity index (χ3n) is 3.47. The van der Waals surface area contributed by atoms with E-state index in [-0.39, 0.29) is 11.7 Å². The number of rotatable bonds is 6. The van der Waals surface area contributed by atoms with E-state index in [0.29, 0.717) is 29.1 Å². The topological polar surface area (TPSA) is 76.7 Å². The number of hydrogen-bond acceptors (Lipinski definition) is 4. The number of methoxy groups -OCH3 is 2. The van der Waals surface area contributed by atoms with Crippen LogP contribution in [0.25, 0.3) is 0 Å². The lowest BCUT2D eigenvalue weighted by atomic mass is 10.1. The van der Waals surface area contributed by atoms with Crippen LogP contribution in [0.1, 0.15) is 23.7 Å². The fourth-order valence-electron chi connectivity index (χ4n) is 2.13. The van der Waals surface area contributed by atoms with Gasteiger partial charge in [0.25, 0.3) is 5.91 Å². The van der Waals surface area contributed by atoms with Gasteiger partial charge in [-0.05, 0) is 30.3 Å². The standard InChI is InChI=1S/C18H19FN2O4/c1-4-17(22)21-14-9-11(5-7-16(14)25-3)18(23)20-12-6-8-15(24-2)13(19)10-12/h5-10H,4H2,1-3H3,(H,20,23)(H,21,22). The molecule has 0 spiro atoms. The monoisotopic (exact) mass is 346 g/mol. The number of carbonyl (C=O) groups excluding carboxylic acids is 2. The predicted molar refractivity (Wildman–Crippen MR) is 92.8 cm³/mol. The average molecular weight is 346 g/mol. The summed E-state index contributed by atoms with van der Waals surface area (Å²) in [6, 6.07) is 8.75. The SMILES string of the molecule is CCC(=O)Nc1cc(C(=O)Nc2ccc(OC)c(F)c2)ccc1OC. The molecule has 2 rings (SSSR count). The first-order valence-corrected chi connectivity index (χ1v) is 7.61. The molecule has 0 aliphatic heterocycles. The molecule has 0 fully saturated rings. The number of hydrogen-bond donors (Lipinski definition) is 2. The van der Waals surface area contributed by atoms with Crippen molar-refractivity contribution in [1.82, 2.24) is 0 Å². The maximum atomic E-state index is 13.7. The summed E-state index contributed by atoms with van der Waals surface area (Å²) < 4.78 is 23.7. The van der Waals surface area contributed by atoms with Gasteiger partial charge in [0.05, 0.1) is 19.9 Å². The zero-order valence-electron chi connectivity index (χ0n) is 14.2. The largest absolute Gasteiger partial charge is 0.495 e. The van der Waals surface area contributed by atoms with Gasteiger partial charge in [-0.25, -0.2) is 4.39 Å². The minimum absolute atomic E-state index is 0.0898. The summed E-state index contributed by atoms with van der Waals surface area (Å²) in [6.45, 7) is 1.72. The van der Waals surface area contributed by atoms with Gasteiger partial charge in [-0.1, -0.05) is 6.92 Å². The van der Waals surface area contributed by atoms with Gasteiger partial charge >= 0.3 is 0 Å². The van der Waals surface area contributed by atoms with E-state index in [1.165, 1.54) is 38.5 Å². The molecule has 6 nitrogen and oxygen atoms in total. The molecule has 2 aromatic carbocycles. The minimum Gasteiger partial charge on any atom is -0.495 e. The van der Waals surface area contributed by atoms with Crippen LogP contribution in [0.3, 0.4) is 0 Å². The van der Waals surface area contributed by atoms with Crippen LogP contribution in [0.15, 0.2) is 36.4 Å². The Balaban J connectivity index is 2.22. The number of ether oxygens (including phenoxy) is 2. The quantitative estimate of drug-likeness (QED) is 0.840. The van der Waals surface area contributed by atoms with Crippen LogP contribution in [-0.4, -0.2) is 26.0 Å². The molecule has 0 saturated heterocycles. The second-order valence-corrected chi connectivity index (χ2v) is 5.12. The van der Waals surface area contributed by atoms with E-state index in [0.717, 1.165) is 0 Å². The molecule has 7 heteroatoms. The van der Waals surface area contributed by atoms with Crippen LogP contribution >= 0.6 is 0 Å². The van der Waals surface area contributed by atoms with E-state index < -0.39 is 11.7 Å². The van der Waals surface area contributed by atoms with Crippen molar-refractivity contribution in [3.8, 4) is 11.5 Å². The molecule has 0 atom stereocenters. The van der Waals surface area contributed by atoms with Gasteiger partial charge in [0.2, 0.25) is 5.91 Å². The molecule has 0 unspecified atom stereocenters. The third kappa shape index (κ3) is 4.47. The van der Waals surface area contributed by atoms with Gasteiger partial charge in [-0.15, -0.1) is 0 Å². The summed E-state index contributed by atoms with van der Waals surface area (Å²) in [5, 5.41) is 5.27. The highest BCUT2D eigenvalue weighted by Crippen LogP contribution is 2.27. The lowest BCUT2D eigenvalue weighted by Gasteiger charge is -2.12. The van der Waals surface area contributed by atoms with Gasteiger partial charge in [0, 0.05) is 23.7 Å². The first-order chi connectivity index (χ1) is 12.0. The number of amides is 2. The van der Waals surface area contributed by atoms with Crippen LogP contribution < -0.4 is 20.1 Å². The molecule has 0 bridgehead atoms. The fraction of sp³-hybridized carbons (Fsp3) is 0.222. The summed E-state index contributed by atoms with van der Waals surface area (Å²) in [5.74, 6) is -0.695. The fourth-order valence-corrected chi connectivity index (χ4v) is 2.13. The number of halogens is 1. The molecule has 132 valence electrons. The lowest BCUT2D eigenvalue weighted by Crippen LogP contribution is -2.14. The van der Waals surface area contributed by atoms with E-state index in [1.807, 2.05) is 0 Å². The Labute approximate surface area is 144 Å². The maximum absolute atomic E-state index is 13.7. The summed E-state index contributed by atoms with van der Waals surface area (Å²) >= 11 is 0. The Bertz CT molecular complexity index is 793. The van der Waals surface area contributed by atoms with Crippen molar-refractivity contribution < 1.29 is 23.5 Å². The van der Waals surface area contributed by atoms with E-state index in [2.05, 4.69) is 10.6 Å². The minimum atomic E-state index is -0.578. The van der Waals surface area contributed by atoms with E-state index >= 15 is 0 Å². The highest BCUT2D eigenvalue weighted by Gasteiger charge is 2.13. The number of nitrogens with one attached hydrogen (secondary N) is 2. The van der Waals surface area contributed by atoms with Crippen LogP contribution in [0, 0.1) is 5.82 Å². The molecule has 0 heterocycles. The van der Waals surface area contributed by atoms with E-state index in [1.54, 1.807) is 19.1 Å². The lowest BCUT2D eigenvalue weighted by molar-refractivity contribution is -0.115. The highest BCUT2D eigenvalue weighted by atomic mass is 19.1. The molecule has 0 aromatic heterocycles. The second-order valence-electron chi connectivity index (χ2n) is 5.12. The first-order valence-electron chi connectivity index (χ1n) is 7.61. The van der Waals surface area contributed by atoms with Gasteiger partial charge in [-0.3, -0.25) is 9.59 Å². The van der Waals surface area contributed by atoms with Crippen LogP contribution in [0.4, 0.5) is 15.8 Å². The molecular formula is C18H19FN2O4. The Hall–Kier alpha value is -3.09. The molecule has 2 N–H and O–H groups in total. The summed E-state index contributed by atoms with van der Waals surface area (Å²) in [5.41, 5.74) is 0.976. The molecule has 2 aromatic rings. The highest BCUT2D eigenvalue weighted by molar-refractivity contribution is 6.05. The predicted octanol–water partition coefficient (Wildman–Crippen LogP) is 3.44. The van der Waals surface area contributed by atoms with Gasteiger partial charge in [0.15, 0.2) is 11.6 Å². The van der Waals surface area contributed by atoms with Crippen molar-refractivity contribution in [3.05, 3.63) is 47.8 Å². The summed E-state index contributed by atoms with van der Waals surface area (Å²) in [4.78, 5) is 24.0.